The molecule has 0 radical (unpaired) electrons. The number of carbonyl (C=O) groups excluding carboxylic acids is 1. The van der Waals surface area contributed by atoms with Crippen molar-refractivity contribution in [3.8, 4) is 10.6 Å². The Morgan fingerprint density at radius 1 is 0.912 bits per heavy atom. The Labute approximate surface area is 206 Å². The molecule has 3 aromatic carbocycles. The highest BCUT2D eigenvalue weighted by molar-refractivity contribution is 7.92. The Hall–Kier alpha value is -3.27. The number of nitrogens with zero attached hydrogens (tertiary/aromatic N) is 2. The van der Waals surface area contributed by atoms with Crippen LogP contribution in [0.15, 0.2) is 65.6 Å². The highest BCUT2D eigenvalue weighted by atomic mass is 35.5. The van der Waals surface area contributed by atoms with Crippen LogP contribution in [-0.4, -0.2) is 24.5 Å². The SMILES string of the molecule is Cc1ccc(NS(=O)(=O)c2cc(C(=O)Nc3nnc(-c4ccc(Cl)cc4)s3)ccc2C)c(C)c1. The number of hydrogen-bond acceptors (Lipinski definition) is 6. The van der Waals surface area contributed by atoms with Crippen molar-refractivity contribution in [3.63, 3.8) is 0 Å². The number of rotatable bonds is 6. The predicted octanol–water partition coefficient (Wildman–Crippen LogP) is 5.84. The van der Waals surface area contributed by atoms with E-state index in [4.69, 9.17) is 11.6 Å². The number of carbonyl (C=O) groups is 1. The van der Waals surface area contributed by atoms with Gasteiger partial charge in [-0.25, -0.2) is 8.42 Å². The Kier molecular flexibility index (Phi) is 6.70. The van der Waals surface area contributed by atoms with Crippen molar-refractivity contribution in [1.82, 2.24) is 10.2 Å². The molecule has 0 aliphatic heterocycles. The van der Waals surface area contributed by atoms with Crippen LogP contribution in [0.5, 0.6) is 0 Å². The highest BCUT2D eigenvalue weighted by Gasteiger charge is 2.21. The van der Waals surface area contributed by atoms with Gasteiger partial charge in [0.15, 0.2) is 0 Å². The summed E-state index contributed by atoms with van der Waals surface area (Å²) in [7, 11) is -3.91. The van der Waals surface area contributed by atoms with Crippen LogP contribution >= 0.6 is 22.9 Å². The van der Waals surface area contributed by atoms with Crippen molar-refractivity contribution in [2.75, 3.05) is 10.0 Å². The lowest BCUT2D eigenvalue weighted by molar-refractivity contribution is 0.102. The molecule has 10 heteroatoms. The van der Waals surface area contributed by atoms with Gasteiger partial charge in [-0.05, 0) is 62.2 Å². The average molecular weight is 513 g/mol. The molecule has 174 valence electrons. The van der Waals surface area contributed by atoms with Gasteiger partial charge < -0.3 is 0 Å². The molecule has 0 saturated heterocycles. The standard InChI is InChI=1S/C24H21ClN4O3S2/c1-14-4-11-20(16(3)12-14)29-34(31,32)21-13-18(6-5-15(21)2)22(30)26-24-28-27-23(33-24)17-7-9-19(25)10-8-17/h4-13,29H,1-3H3,(H,26,28,30). The van der Waals surface area contributed by atoms with Crippen molar-refractivity contribution in [1.29, 1.82) is 0 Å². The topological polar surface area (TPSA) is 101 Å². The van der Waals surface area contributed by atoms with Crippen molar-refractivity contribution in [3.05, 3.63) is 87.9 Å². The minimum atomic E-state index is -3.91. The fraction of sp³-hybridized carbons (Fsp3) is 0.125. The monoisotopic (exact) mass is 512 g/mol. The molecule has 0 atom stereocenters. The van der Waals surface area contributed by atoms with Crippen LogP contribution in [0.4, 0.5) is 10.8 Å². The Balaban J connectivity index is 1.55. The largest absolute Gasteiger partial charge is 0.296 e. The summed E-state index contributed by atoms with van der Waals surface area (Å²) in [5.41, 5.74) is 3.87. The number of aromatic nitrogens is 2. The van der Waals surface area contributed by atoms with Gasteiger partial charge >= 0.3 is 0 Å². The molecule has 1 aromatic heterocycles. The summed E-state index contributed by atoms with van der Waals surface area (Å²) < 4.78 is 28.8. The molecule has 4 aromatic rings. The smallest absolute Gasteiger partial charge is 0.262 e. The highest BCUT2D eigenvalue weighted by Crippen LogP contribution is 2.28. The molecular weight excluding hydrogens is 492 g/mol. The first-order valence-electron chi connectivity index (χ1n) is 10.2. The normalized spacial score (nSPS) is 11.3. The van der Waals surface area contributed by atoms with Gasteiger partial charge in [0.2, 0.25) is 5.13 Å². The van der Waals surface area contributed by atoms with Gasteiger partial charge in [0.1, 0.15) is 5.01 Å². The maximum Gasteiger partial charge on any atom is 0.262 e. The first-order valence-corrected chi connectivity index (χ1v) is 12.9. The predicted molar refractivity (Wildman–Crippen MR) is 136 cm³/mol. The van der Waals surface area contributed by atoms with E-state index in [1.165, 1.54) is 17.4 Å². The van der Waals surface area contributed by atoms with E-state index in [1.54, 1.807) is 37.3 Å². The number of aryl methyl sites for hydroxylation is 3. The van der Waals surface area contributed by atoms with Crippen LogP contribution < -0.4 is 10.0 Å². The quantitative estimate of drug-likeness (QED) is 0.338. The molecule has 1 heterocycles. The summed E-state index contributed by atoms with van der Waals surface area (Å²) in [6, 6.07) is 17.1. The minimum Gasteiger partial charge on any atom is -0.296 e. The number of anilines is 2. The van der Waals surface area contributed by atoms with E-state index in [1.807, 2.05) is 38.1 Å². The van der Waals surface area contributed by atoms with Gasteiger partial charge in [-0.15, -0.1) is 10.2 Å². The zero-order chi connectivity index (χ0) is 24.5. The molecule has 0 unspecified atom stereocenters. The van der Waals surface area contributed by atoms with Gasteiger partial charge in [0, 0.05) is 16.1 Å². The zero-order valence-corrected chi connectivity index (χ0v) is 21.0. The van der Waals surface area contributed by atoms with Gasteiger partial charge in [-0.2, -0.15) is 0 Å². The molecule has 0 aliphatic carbocycles. The van der Waals surface area contributed by atoms with Crippen LogP contribution in [0.25, 0.3) is 10.6 Å². The van der Waals surface area contributed by atoms with Gasteiger partial charge in [0.05, 0.1) is 10.6 Å². The van der Waals surface area contributed by atoms with Gasteiger partial charge in [-0.1, -0.05) is 58.8 Å². The van der Waals surface area contributed by atoms with Crippen molar-refractivity contribution >= 4 is 49.7 Å². The number of halogens is 1. The lowest BCUT2D eigenvalue weighted by atomic mass is 10.1. The third-order valence-electron chi connectivity index (χ3n) is 5.10. The lowest BCUT2D eigenvalue weighted by Gasteiger charge is -2.14. The van der Waals surface area contributed by atoms with Crippen LogP contribution in [0.2, 0.25) is 5.02 Å². The fourth-order valence-corrected chi connectivity index (χ4v) is 5.58. The van der Waals surface area contributed by atoms with Crippen molar-refractivity contribution in [2.45, 2.75) is 25.7 Å². The third kappa shape index (κ3) is 5.27. The first-order chi connectivity index (χ1) is 16.1. The summed E-state index contributed by atoms with van der Waals surface area (Å²) in [5.74, 6) is -0.484. The third-order valence-corrected chi connectivity index (χ3v) is 7.75. The Morgan fingerprint density at radius 2 is 1.65 bits per heavy atom. The molecular formula is C24H21ClN4O3S2. The van der Waals surface area contributed by atoms with Crippen LogP contribution in [0, 0.1) is 20.8 Å². The number of nitrogens with one attached hydrogen (secondary N) is 2. The van der Waals surface area contributed by atoms with Crippen molar-refractivity contribution < 1.29 is 13.2 Å². The van der Waals surface area contributed by atoms with Gasteiger partial charge in [0.25, 0.3) is 15.9 Å². The second-order valence-corrected chi connectivity index (χ2v) is 10.8. The van der Waals surface area contributed by atoms with Gasteiger partial charge in [-0.3, -0.25) is 14.8 Å². The second kappa shape index (κ2) is 9.54. The molecule has 0 aliphatic rings. The maximum atomic E-state index is 13.1. The average Bonchev–Trinajstić information content (AvgIpc) is 3.24. The maximum absolute atomic E-state index is 13.1. The summed E-state index contributed by atoms with van der Waals surface area (Å²) in [5, 5.41) is 12.3. The summed E-state index contributed by atoms with van der Waals surface area (Å²) in [6.07, 6.45) is 0. The molecule has 0 bridgehead atoms. The second-order valence-electron chi connectivity index (χ2n) is 7.78. The Morgan fingerprint density at radius 3 is 2.35 bits per heavy atom. The van der Waals surface area contributed by atoms with E-state index >= 15 is 0 Å². The molecule has 1 amide bonds. The number of benzene rings is 3. The summed E-state index contributed by atoms with van der Waals surface area (Å²) >= 11 is 7.12. The molecule has 2 N–H and O–H groups in total. The zero-order valence-electron chi connectivity index (χ0n) is 18.6. The number of sulfonamides is 1. The molecule has 7 nitrogen and oxygen atoms in total. The Bertz CT molecular complexity index is 1480. The molecule has 34 heavy (non-hydrogen) atoms. The first kappa shape index (κ1) is 23.9. The molecule has 4 rings (SSSR count). The van der Waals surface area contributed by atoms with E-state index in [0.29, 0.717) is 26.4 Å². The van der Waals surface area contributed by atoms with E-state index in [9.17, 15) is 13.2 Å². The van der Waals surface area contributed by atoms with Crippen LogP contribution in [0.3, 0.4) is 0 Å². The molecule has 0 fully saturated rings. The van der Waals surface area contributed by atoms with Crippen LogP contribution in [-0.2, 0) is 10.0 Å². The van der Waals surface area contributed by atoms with E-state index < -0.39 is 15.9 Å². The minimum absolute atomic E-state index is 0.0271. The summed E-state index contributed by atoms with van der Waals surface area (Å²) in [4.78, 5) is 12.9. The van der Waals surface area contributed by atoms with E-state index in [2.05, 4.69) is 20.2 Å². The van der Waals surface area contributed by atoms with Crippen molar-refractivity contribution in [2.24, 2.45) is 0 Å². The molecule has 0 saturated carbocycles. The summed E-state index contributed by atoms with van der Waals surface area (Å²) in [6.45, 7) is 5.46. The lowest BCUT2D eigenvalue weighted by Crippen LogP contribution is -2.17. The van der Waals surface area contributed by atoms with Crippen LogP contribution in [0.1, 0.15) is 27.0 Å². The van der Waals surface area contributed by atoms with E-state index in [-0.39, 0.29) is 10.5 Å². The molecule has 0 spiro atoms. The van der Waals surface area contributed by atoms with E-state index in [0.717, 1.165) is 16.7 Å². The fourth-order valence-electron chi connectivity index (χ4n) is 3.31. The number of hydrogen-bond donors (Lipinski definition) is 2. The number of amides is 1.